The topological polar surface area (TPSA) is 95.6 Å². The van der Waals surface area contributed by atoms with Gasteiger partial charge in [-0.2, -0.15) is 0 Å². The Balaban J connectivity index is 1.93. The number of hydrogen-bond donors (Lipinski definition) is 3. The van der Waals surface area contributed by atoms with Gasteiger partial charge in [-0.25, -0.2) is 18.6 Å². The Bertz CT molecular complexity index is 1230. The summed E-state index contributed by atoms with van der Waals surface area (Å²) in [6.45, 7) is -0.183. The number of rotatable bonds is 4. The molecule has 0 aliphatic heterocycles. The van der Waals surface area contributed by atoms with Crippen molar-refractivity contribution in [3.8, 4) is 22.9 Å². The van der Waals surface area contributed by atoms with E-state index in [9.17, 15) is 24.5 Å². The molecule has 2 heterocycles. The van der Waals surface area contributed by atoms with Gasteiger partial charge in [0.1, 0.15) is 17.0 Å². The second-order valence-corrected chi connectivity index (χ2v) is 6.44. The number of aromatic hydroxyl groups is 2. The number of aromatic carboxylic acids is 1. The van der Waals surface area contributed by atoms with Crippen molar-refractivity contribution in [2.45, 2.75) is 6.54 Å². The smallest absolute Gasteiger partial charge is 0.354 e. The molecule has 0 radical (unpaired) electrons. The Morgan fingerprint density at radius 2 is 1.62 bits per heavy atom. The first-order valence-electron chi connectivity index (χ1n) is 8.54. The van der Waals surface area contributed by atoms with Crippen LogP contribution in [0.15, 0.2) is 54.6 Å². The molecule has 0 spiro atoms. The van der Waals surface area contributed by atoms with Crippen molar-refractivity contribution in [2.24, 2.45) is 0 Å². The van der Waals surface area contributed by atoms with Gasteiger partial charge in [-0.05, 0) is 29.3 Å². The van der Waals surface area contributed by atoms with Crippen LogP contribution in [0.1, 0.15) is 16.1 Å². The Morgan fingerprint density at radius 3 is 2.24 bits per heavy atom. The molecule has 146 valence electrons. The van der Waals surface area contributed by atoms with E-state index < -0.39 is 17.6 Å². The molecule has 6 nitrogen and oxygen atoms in total. The molecular formula is C21H14F2N2O4. The van der Waals surface area contributed by atoms with E-state index in [-0.39, 0.29) is 35.1 Å². The second-order valence-electron chi connectivity index (χ2n) is 6.44. The van der Waals surface area contributed by atoms with Gasteiger partial charge in [-0.1, -0.05) is 24.3 Å². The molecular weight excluding hydrogens is 382 g/mol. The maximum Gasteiger partial charge on any atom is 0.354 e. The van der Waals surface area contributed by atoms with Crippen LogP contribution >= 0.6 is 0 Å². The van der Waals surface area contributed by atoms with E-state index >= 15 is 4.39 Å². The van der Waals surface area contributed by atoms with Crippen LogP contribution in [0.4, 0.5) is 8.78 Å². The SMILES string of the molecule is O=C(O)c1cc(-c2ccc(F)cc2)c2ccc(Cn3c(O)ccc3O)c(F)c2n1. The molecule has 0 unspecified atom stereocenters. The summed E-state index contributed by atoms with van der Waals surface area (Å²) in [5.74, 6) is -3.06. The van der Waals surface area contributed by atoms with Gasteiger partial charge in [-0.15, -0.1) is 0 Å². The first kappa shape index (κ1) is 18.4. The minimum Gasteiger partial charge on any atom is -0.494 e. The standard InChI is InChI=1S/C21H14F2N2O4/c22-13-4-1-11(2-5-13)15-9-16(21(28)29)24-20-14(15)6-3-12(19(20)23)10-25-17(26)7-8-18(25)27/h1-9,26-27H,10H2,(H,28,29). The van der Waals surface area contributed by atoms with Crippen LogP contribution < -0.4 is 0 Å². The fourth-order valence-corrected chi connectivity index (χ4v) is 3.18. The summed E-state index contributed by atoms with van der Waals surface area (Å²) in [4.78, 5) is 15.4. The summed E-state index contributed by atoms with van der Waals surface area (Å²) >= 11 is 0. The van der Waals surface area contributed by atoms with E-state index in [4.69, 9.17) is 0 Å². The number of nitrogens with zero attached hydrogens (tertiary/aromatic N) is 2. The van der Waals surface area contributed by atoms with E-state index in [0.29, 0.717) is 16.5 Å². The predicted molar refractivity (Wildman–Crippen MR) is 101 cm³/mol. The lowest BCUT2D eigenvalue weighted by atomic mass is 9.98. The molecule has 0 saturated carbocycles. The molecule has 0 amide bonds. The molecule has 0 bridgehead atoms. The predicted octanol–water partition coefficient (Wildman–Crippen LogP) is 4.14. The molecule has 0 aliphatic carbocycles. The molecule has 8 heteroatoms. The number of hydrogen-bond acceptors (Lipinski definition) is 4. The largest absolute Gasteiger partial charge is 0.494 e. The van der Waals surface area contributed by atoms with Crippen molar-refractivity contribution in [1.29, 1.82) is 0 Å². The third-order valence-corrected chi connectivity index (χ3v) is 4.64. The van der Waals surface area contributed by atoms with Crippen molar-refractivity contribution < 1.29 is 28.9 Å². The molecule has 0 saturated heterocycles. The van der Waals surface area contributed by atoms with Gasteiger partial charge in [0, 0.05) is 23.1 Å². The van der Waals surface area contributed by atoms with Crippen molar-refractivity contribution in [2.75, 3.05) is 0 Å². The molecule has 2 aromatic carbocycles. The number of carboxylic acid groups (broad SMARTS) is 1. The van der Waals surface area contributed by atoms with Gasteiger partial charge in [0.15, 0.2) is 17.6 Å². The summed E-state index contributed by atoms with van der Waals surface area (Å²) < 4.78 is 29.6. The number of halogens is 2. The van der Waals surface area contributed by atoms with E-state index in [1.807, 2.05) is 0 Å². The average molecular weight is 396 g/mol. The molecule has 2 aromatic heterocycles. The van der Waals surface area contributed by atoms with Crippen LogP contribution in [0.2, 0.25) is 0 Å². The molecule has 4 rings (SSSR count). The molecule has 4 aromatic rings. The first-order chi connectivity index (χ1) is 13.8. The third kappa shape index (κ3) is 3.25. The maximum absolute atomic E-state index is 15.2. The van der Waals surface area contributed by atoms with E-state index in [1.165, 1.54) is 48.5 Å². The van der Waals surface area contributed by atoms with Gasteiger partial charge in [0.05, 0.1) is 6.54 Å². The highest BCUT2D eigenvalue weighted by molar-refractivity contribution is 5.99. The zero-order valence-electron chi connectivity index (χ0n) is 14.8. The van der Waals surface area contributed by atoms with Crippen LogP contribution in [-0.2, 0) is 6.54 Å². The van der Waals surface area contributed by atoms with E-state index in [1.54, 1.807) is 6.07 Å². The fourth-order valence-electron chi connectivity index (χ4n) is 3.18. The summed E-state index contributed by atoms with van der Waals surface area (Å²) in [6.07, 6.45) is 0. The second kappa shape index (κ2) is 6.90. The van der Waals surface area contributed by atoms with Crippen LogP contribution in [0.5, 0.6) is 11.8 Å². The highest BCUT2D eigenvalue weighted by atomic mass is 19.1. The maximum atomic E-state index is 15.2. The minimum atomic E-state index is -1.33. The molecule has 29 heavy (non-hydrogen) atoms. The number of carboxylic acids is 1. The third-order valence-electron chi connectivity index (χ3n) is 4.64. The lowest BCUT2D eigenvalue weighted by molar-refractivity contribution is 0.0691. The number of aromatic nitrogens is 2. The Kier molecular flexibility index (Phi) is 4.38. The van der Waals surface area contributed by atoms with Crippen LogP contribution in [0, 0.1) is 11.6 Å². The monoisotopic (exact) mass is 396 g/mol. The number of carbonyl (C=O) groups is 1. The van der Waals surface area contributed by atoms with Crippen molar-refractivity contribution in [1.82, 2.24) is 9.55 Å². The number of benzene rings is 2. The Hall–Kier alpha value is -3.94. The lowest BCUT2D eigenvalue weighted by Crippen LogP contribution is -2.06. The van der Waals surface area contributed by atoms with Gasteiger partial charge >= 0.3 is 5.97 Å². The normalized spacial score (nSPS) is 11.1. The van der Waals surface area contributed by atoms with Crippen molar-refractivity contribution in [3.05, 3.63) is 77.5 Å². The molecule has 0 fully saturated rings. The quantitative estimate of drug-likeness (QED) is 0.482. The minimum absolute atomic E-state index is 0.0967. The lowest BCUT2D eigenvalue weighted by Gasteiger charge is -2.13. The zero-order chi connectivity index (χ0) is 20.7. The van der Waals surface area contributed by atoms with E-state index in [0.717, 1.165) is 4.57 Å². The van der Waals surface area contributed by atoms with Gasteiger partial charge < -0.3 is 15.3 Å². The molecule has 0 aliphatic rings. The Labute approximate surface area is 162 Å². The summed E-state index contributed by atoms with van der Waals surface area (Å²) in [5.41, 5.74) is 0.463. The first-order valence-corrected chi connectivity index (χ1v) is 8.54. The van der Waals surface area contributed by atoms with Gasteiger partial charge in [0.25, 0.3) is 0 Å². The highest BCUT2D eigenvalue weighted by Gasteiger charge is 2.18. The van der Waals surface area contributed by atoms with Crippen molar-refractivity contribution >= 4 is 16.9 Å². The van der Waals surface area contributed by atoms with Gasteiger partial charge in [-0.3, -0.25) is 4.57 Å². The Morgan fingerprint density at radius 1 is 0.966 bits per heavy atom. The van der Waals surface area contributed by atoms with Crippen LogP contribution in [0.3, 0.4) is 0 Å². The zero-order valence-corrected chi connectivity index (χ0v) is 14.8. The van der Waals surface area contributed by atoms with Gasteiger partial charge in [0.2, 0.25) is 0 Å². The fraction of sp³-hybridized carbons (Fsp3) is 0.0476. The summed E-state index contributed by atoms with van der Waals surface area (Å²) in [5, 5.41) is 29.3. The summed E-state index contributed by atoms with van der Waals surface area (Å²) in [6, 6.07) is 12.3. The summed E-state index contributed by atoms with van der Waals surface area (Å²) in [7, 11) is 0. The number of fused-ring (bicyclic) bond motifs is 1. The van der Waals surface area contributed by atoms with E-state index in [2.05, 4.69) is 4.98 Å². The molecule has 0 atom stereocenters. The van der Waals surface area contributed by atoms with Crippen LogP contribution in [0.25, 0.3) is 22.0 Å². The van der Waals surface area contributed by atoms with Crippen LogP contribution in [-0.4, -0.2) is 30.8 Å². The highest BCUT2D eigenvalue weighted by Crippen LogP contribution is 2.32. The number of pyridine rings is 1. The average Bonchev–Trinajstić information content (AvgIpc) is 3.02. The van der Waals surface area contributed by atoms with Crippen molar-refractivity contribution in [3.63, 3.8) is 0 Å². The molecule has 3 N–H and O–H groups in total.